The Labute approximate surface area is 224 Å². The second kappa shape index (κ2) is 58.0. The van der Waals surface area contributed by atoms with E-state index in [1.165, 1.54) is 35.5 Å². The van der Waals surface area contributed by atoms with Crippen molar-refractivity contribution in [2.75, 3.05) is 35.5 Å². The van der Waals surface area contributed by atoms with Crippen molar-refractivity contribution in [3.05, 3.63) is 0 Å². The molecule has 0 aromatic heterocycles. The van der Waals surface area contributed by atoms with E-state index in [2.05, 4.69) is 111 Å². The van der Waals surface area contributed by atoms with E-state index in [9.17, 15) is 24.0 Å². The molecule has 0 atom stereocenters. The van der Waals surface area contributed by atoms with Crippen molar-refractivity contribution in [1.29, 1.82) is 0 Å². The molecular formula is C10H30F5N5O10S5. The van der Waals surface area contributed by atoms with E-state index in [0.29, 0.717) is 0 Å². The Morgan fingerprint density at radius 1 is 0.371 bits per heavy atom. The Morgan fingerprint density at radius 3 is 0.457 bits per heavy atom. The Hall–Kier alpha value is -2.25. The Kier molecular flexibility index (Phi) is 106. The smallest absolute Gasteiger partial charge is 0.448 e. The molecule has 0 unspecified atom stereocenters. The third-order valence-electron chi connectivity index (χ3n) is 1.44. The summed E-state index contributed by atoms with van der Waals surface area (Å²) in [7, 11) is 6.44. The summed E-state index contributed by atoms with van der Waals surface area (Å²) in [5, 5.41) is 0. The van der Waals surface area contributed by atoms with Crippen LogP contribution >= 0.6 is 0 Å². The maximum absolute atomic E-state index is 9.80. The van der Waals surface area contributed by atoms with Gasteiger partial charge in [-0.25, -0.2) is 24.0 Å². The van der Waals surface area contributed by atoms with Crippen LogP contribution < -0.4 is 47.1 Å². The second-order valence-electron chi connectivity index (χ2n) is 3.08. The zero-order valence-corrected chi connectivity index (χ0v) is 23.5. The van der Waals surface area contributed by atoms with E-state index in [1.54, 1.807) is 0 Å². The van der Waals surface area contributed by atoms with E-state index in [1.807, 2.05) is 0 Å². The normalized spacial score (nSPS) is 6.00. The minimum Gasteiger partial charge on any atom is -1.00 e. The third-order valence-corrected chi connectivity index (χ3v) is 2.46. The number of methoxy groups -OCH3 is 5. The molecule has 0 heterocycles. The highest BCUT2D eigenvalue weighted by Gasteiger charge is 1.93. The van der Waals surface area contributed by atoms with Gasteiger partial charge in [0.15, 0.2) is 0 Å². The SMILES string of the molecule is COC(=O)N[SH2+].COC(=O)N[SH2+].COC(=O)N[SH2+].COC(=O)N[SH2+].COC(=O)N[SH2+].[F-].[F-].[F-].[F-].[F-]. The number of rotatable bonds is 0. The van der Waals surface area contributed by atoms with Crippen LogP contribution in [0.3, 0.4) is 0 Å². The first kappa shape index (κ1) is 63.8. The molecular weight excluding hydrogens is 605 g/mol. The molecule has 35 heavy (non-hydrogen) atoms. The number of nitrogens with one attached hydrogen (secondary N) is 5. The lowest BCUT2D eigenvalue weighted by Gasteiger charge is -1.84. The number of hydrogen-bond donors (Lipinski definition) is 5. The van der Waals surface area contributed by atoms with E-state index in [4.69, 9.17) is 0 Å². The van der Waals surface area contributed by atoms with Crippen LogP contribution in [0.1, 0.15) is 0 Å². The van der Waals surface area contributed by atoms with Gasteiger partial charge in [-0.1, -0.05) is 0 Å². The summed E-state index contributed by atoms with van der Waals surface area (Å²) >= 11 is 13.5. The number of carbonyl (C=O) groups is 5. The zero-order valence-electron chi connectivity index (χ0n) is 18.5. The quantitative estimate of drug-likeness (QED) is 0.0971. The van der Waals surface area contributed by atoms with E-state index in [0.717, 1.165) is 0 Å². The van der Waals surface area contributed by atoms with E-state index in [-0.39, 0.29) is 23.5 Å². The molecule has 0 aromatic carbocycles. The fraction of sp³-hybridized carbons (Fsp3) is 0.500. The number of amides is 5. The lowest BCUT2D eigenvalue weighted by atomic mass is 11.2. The molecule has 0 aliphatic carbocycles. The molecule has 5 amide bonds. The zero-order chi connectivity index (χ0) is 25.0. The molecule has 0 aliphatic rings. The number of carbonyl (C=O) groups excluding carboxylic acids is 5. The molecule has 5 N–H and O–H groups in total. The molecule has 0 saturated heterocycles. The van der Waals surface area contributed by atoms with Gasteiger partial charge in [0.25, 0.3) is 0 Å². The summed E-state index contributed by atoms with van der Waals surface area (Å²) in [6, 6.07) is 0. The van der Waals surface area contributed by atoms with Crippen LogP contribution in [0, 0.1) is 0 Å². The van der Waals surface area contributed by atoms with Gasteiger partial charge in [0.05, 0.1) is 99.6 Å². The maximum atomic E-state index is 9.80. The van der Waals surface area contributed by atoms with Crippen LogP contribution in [0.2, 0.25) is 0 Å². The fourth-order valence-electron chi connectivity index (χ4n) is 0.255. The van der Waals surface area contributed by atoms with Gasteiger partial charge in [-0.15, -0.1) is 23.6 Å². The first-order valence-electron chi connectivity index (χ1n) is 6.58. The van der Waals surface area contributed by atoms with Gasteiger partial charge >= 0.3 is 30.5 Å². The molecule has 15 nitrogen and oxygen atoms in total. The van der Waals surface area contributed by atoms with Crippen LogP contribution in [0.25, 0.3) is 0 Å². The average Bonchev–Trinajstić information content (AvgIpc) is 2.82. The van der Waals surface area contributed by atoms with Gasteiger partial charge in [0.1, 0.15) is 0 Å². The van der Waals surface area contributed by atoms with Gasteiger partial charge in [0.2, 0.25) is 0 Å². The molecule has 25 heteroatoms. The van der Waals surface area contributed by atoms with E-state index < -0.39 is 30.5 Å². The minimum absolute atomic E-state index is 0. The van der Waals surface area contributed by atoms with Crippen LogP contribution in [-0.2, 0) is 87.8 Å². The largest absolute Gasteiger partial charge is 1.00 e. The number of hydrogen-bond acceptors (Lipinski definition) is 10. The highest BCUT2D eigenvalue weighted by Crippen LogP contribution is 1.64. The summed E-state index contributed by atoms with van der Waals surface area (Å²) in [5.41, 5.74) is 0. The molecule has 0 radical (unpaired) electrons. The molecule has 0 aromatic rings. The number of halogens is 5. The van der Waals surface area contributed by atoms with Crippen molar-refractivity contribution >= 4 is 94.5 Å². The van der Waals surface area contributed by atoms with Crippen LogP contribution in [0.5, 0.6) is 0 Å². The first-order chi connectivity index (χ1) is 14.0. The molecule has 0 saturated carbocycles. The lowest BCUT2D eigenvalue weighted by Crippen LogP contribution is -3.00. The predicted molar refractivity (Wildman–Crippen MR) is 128 cm³/mol. The van der Waals surface area contributed by atoms with Crippen molar-refractivity contribution in [2.24, 2.45) is 0 Å². The Morgan fingerprint density at radius 2 is 0.457 bits per heavy atom. The van der Waals surface area contributed by atoms with E-state index >= 15 is 0 Å². The summed E-state index contributed by atoms with van der Waals surface area (Å²) in [6.07, 6.45) is -2.47. The van der Waals surface area contributed by atoms with Gasteiger partial charge < -0.3 is 47.2 Å². The average molecular weight is 636 g/mol. The molecule has 0 fully saturated rings. The van der Waals surface area contributed by atoms with Crippen molar-refractivity contribution in [3.8, 4) is 0 Å². The topological polar surface area (TPSA) is 192 Å². The van der Waals surface area contributed by atoms with Gasteiger partial charge in [0, 0.05) is 0 Å². The standard InChI is InChI=1S/5C2H5NO2S.5FH/c5*1-5-2(4)3-6;;;;;/h5*6H,1H3,(H,3,4);5*1H. The maximum Gasteiger partial charge on any atom is 0.448 e. The van der Waals surface area contributed by atoms with Crippen molar-refractivity contribution in [2.45, 2.75) is 0 Å². The Bertz CT molecular complexity index is 361. The third kappa shape index (κ3) is 89.2. The molecule has 0 rings (SSSR count). The molecule has 0 spiro atoms. The summed E-state index contributed by atoms with van der Waals surface area (Å²) in [4.78, 5) is 49.0. The van der Waals surface area contributed by atoms with Crippen LogP contribution in [-0.4, -0.2) is 66.0 Å². The van der Waals surface area contributed by atoms with Crippen LogP contribution in [0.4, 0.5) is 24.0 Å². The van der Waals surface area contributed by atoms with Gasteiger partial charge in [-0.3, -0.25) is 0 Å². The summed E-state index contributed by atoms with van der Waals surface area (Å²) in [6.45, 7) is 0. The molecule has 220 valence electrons. The number of ether oxygens (including phenoxy) is 5. The highest BCUT2D eigenvalue weighted by atomic mass is 32.1. The van der Waals surface area contributed by atoms with Crippen molar-refractivity contribution < 1.29 is 71.2 Å². The first-order valence-corrected chi connectivity index (χ1v) is 9.08. The summed E-state index contributed by atoms with van der Waals surface area (Å²) < 4.78 is 30.8. The fourth-order valence-corrected chi connectivity index (χ4v) is 0.765. The molecule has 0 bridgehead atoms. The predicted octanol–water partition coefficient (Wildman–Crippen LogP) is -18.6. The van der Waals surface area contributed by atoms with Crippen molar-refractivity contribution in [1.82, 2.24) is 23.6 Å². The van der Waals surface area contributed by atoms with Gasteiger partial charge in [-0.2, -0.15) is 0 Å². The Balaban J connectivity index is -0.0000000269. The lowest BCUT2D eigenvalue weighted by molar-refractivity contribution is -0.00100. The minimum atomic E-state index is -0.494. The second-order valence-corrected chi connectivity index (χ2v) is 4.33. The van der Waals surface area contributed by atoms with Gasteiger partial charge in [-0.05, 0) is 0 Å². The van der Waals surface area contributed by atoms with Crippen LogP contribution in [0.15, 0.2) is 0 Å². The monoisotopic (exact) mass is 635 g/mol. The summed E-state index contributed by atoms with van der Waals surface area (Å²) in [5.74, 6) is 0. The highest BCUT2D eigenvalue weighted by molar-refractivity contribution is 7.57. The van der Waals surface area contributed by atoms with Crippen molar-refractivity contribution in [3.63, 3.8) is 0 Å². The molecule has 0 aliphatic heterocycles.